The van der Waals surface area contributed by atoms with Crippen LogP contribution in [0.3, 0.4) is 0 Å². The molecule has 0 aliphatic rings. The average Bonchev–Trinajstić information content (AvgIpc) is 2.93. The van der Waals surface area contributed by atoms with Crippen molar-refractivity contribution in [2.24, 2.45) is 0 Å². The maximum atomic E-state index is 6.06. The van der Waals surface area contributed by atoms with Crippen LogP contribution < -0.4 is 4.74 Å². The van der Waals surface area contributed by atoms with Gasteiger partial charge in [0, 0.05) is 17.0 Å². The molecule has 118 valence electrons. The van der Waals surface area contributed by atoms with Crippen molar-refractivity contribution >= 4 is 39.7 Å². The lowest BCUT2D eigenvalue weighted by atomic mass is 10.0. The number of benzene rings is 2. The van der Waals surface area contributed by atoms with Crippen LogP contribution in [0.2, 0.25) is 5.15 Å². The molecule has 4 rings (SSSR count). The first kappa shape index (κ1) is 14.8. The molecular weight excluding hydrogens is 320 g/mol. The minimum atomic E-state index is 0.476. The Hall–Kier alpha value is -2.78. The van der Waals surface area contributed by atoms with E-state index < -0.39 is 0 Å². The average molecular weight is 335 g/mol. The summed E-state index contributed by atoms with van der Waals surface area (Å²) < 4.78 is 7.19. The van der Waals surface area contributed by atoms with Crippen LogP contribution in [0.25, 0.3) is 39.3 Å². The van der Waals surface area contributed by atoms with E-state index in [9.17, 15) is 0 Å². The van der Waals surface area contributed by atoms with Gasteiger partial charge in [0.05, 0.1) is 12.6 Å². The number of aromatic nitrogens is 2. The van der Waals surface area contributed by atoms with E-state index in [1.807, 2.05) is 28.8 Å². The van der Waals surface area contributed by atoms with E-state index in [-0.39, 0.29) is 0 Å². The van der Waals surface area contributed by atoms with Gasteiger partial charge >= 0.3 is 0 Å². The summed E-state index contributed by atoms with van der Waals surface area (Å²) in [5.74, 6) is 0.849. The van der Waals surface area contributed by atoms with Crippen molar-refractivity contribution in [2.75, 3.05) is 7.11 Å². The Morgan fingerprint density at radius 1 is 1.00 bits per heavy atom. The number of methoxy groups -OCH3 is 1. The van der Waals surface area contributed by atoms with Crippen LogP contribution in [0.15, 0.2) is 61.2 Å². The van der Waals surface area contributed by atoms with Crippen LogP contribution in [0.1, 0.15) is 0 Å². The molecule has 24 heavy (non-hydrogen) atoms. The maximum absolute atomic E-state index is 6.06. The number of halogens is 1. The SMILES string of the molecule is C=Cn1c2ccc(-c3ccc(OC)cc3)cc2c2ccc(Cl)nc21. The van der Waals surface area contributed by atoms with Crippen molar-refractivity contribution in [1.29, 1.82) is 0 Å². The fraction of sp³-hybridized carbons (Fsp3) is 0.0500. The van der Waals surface area contributed by atoms with E-state index in [1.54, 1.807) is 13.3 Å². The third-order valence-corrected chi connectivity index (χ3v) is 4.43. The highest BCUT2D eigenvalue weighted by Crippen LogP contribution is 2.33. The fourth-order valence-corrected chi connectivity index (χ4v) is 3.19. The summed E-state index contributed by atoms with van der Waals surface area (Å²) in [6, 6.07) is 18.2. The number of hydrogen-bond acceptors (Lipinski definition) is 2. The highest BCUT2D eigenvalue weighted by atomic mass is 35.5. The van der Waals surface area contributed by atoms with Crippen molar-refractivity contribution < 1.29 is 4.74 Å². The normalized spacial score (nSPS) is 11.1. The first-order valence-corrected chi connectivity index (χ1v) is 7.96. The molecule has 4 aromatic rings. The van der Waals surface area contributed by atoms with Crippen LogP contribution in [0.5, 0.6) is 5.75 Å². The molecular formula is C20H15ClN2O. The molecule has 2 heterocycles. The van der Waals surface area contributed by atoms with Crippen molar-refractivity contribution in [2.45, 2.75) is 0 Å². The van der Waals surface area contributed by atoms with Gasteiger partial charge in [0.2, 0.25) is 0 Å². The number of ether oxygens (including phenoxy) is 1. The minimum absolute atomic E-state index is 0.476. The zero-order valence-corrected chi connectivity index (χ0v) is 13.9. The van der Waals surface area contributed by atoms with E-state index in [0.717, 1.165) is 38.8 Å². The summed E-state index contributed by atoms with van der Waals surface area (Å²) in [4.78, 5) is 4.45. The Kier molecular flexibility index (Phi) is 3.51. The molecule has 0 aliphatic heterocycles. The summed E-state index contributed by atoms with van der Waals surface area (Å²) in [5, 5.41) is 2.66. The molecule has 0 fully saturated rings. The van der Waals surface area contributed by atoms with Gasteiger partial charge in [0.25, 0.3) is 0 Å². The second-order valence-electron chi connectivity index (χ2n) is 5.52. The first-order chi connectivity index (χ1) is 11.7. The monoisotopic (exact) mass is 334 g/mol. The number of pyridine rings is 1. The predicted molar refractivity (Wildman–Crippen MR) is 101 cm³/mol. The molecule has 4 heteroatoms. The summed E-state index contributed by atoms with van der Waals surface area (Å²) in [6.45, 7) is 3.90. The molecule has 0 bridgehead atoms. The Morgan fingerprint density at radius 2 is 1.75 bits per heavy atom. The standard InChI is InChI=1S/C20H15ClN2O/c1-3-23-18-10-6-14(13-4-7-15(24-2)8-5-13)12-17(18)16-9-11-19(21)22-20(16)23/h3-12H,1H2,2H3. The lowest BCUT2D eigenvalue weighted by Crippen LogP contribution is -1.87. The van der Waals surface area contributed by atoms with E-state index in [4.69, 9.17) is 16.3 Å². The van der Waals surface area contributed by atoms with E-state index in [2.05, 4.69) is 41.9 Å². The van der Waals surface area contributed by atoms with E-state index in [1.165, 1.54) is 0 Å². The van der Waals surface area contributed by atoms with Gasteiger partial charge in [-0.05, 0) is 47.5 Å². The van der Waals surface area contributed by atoms with Crippen LogP contribution >= 0.6 is 11.6 Å². The van der Waals surface area contributed by atoms with Crippen LogP contribution in [-0.2, 0) is 0 Å². The summed E-state index contributed by atoms with van der Waals surface area (Å²) in [5.41, 5.74) is 4.16. The number of fused-ring (bicyclic) bond motifs is 3. The predicted octanol–water partition coefficient (Wildman–Crippen LogP) is 5.62. The van der Waals surface area contributed by atoms with Gasteiger partial charge in [-0.15, -0.1) is 0 Å². The Balaban J connectivity index is 1.97. The third-order valence-electron chi connectivity index (χ3n) is 4.22. The van der Waals surface area contributed by atoms with Crippen molar-refractivity contribution in [3.63, 3.8) is 0 Å². The second kappa shape index (κ2) is 5.69. The highest BCUT2D eigenvalue weighted by molar-refractivity contribution is 6.30. The lowest BCUT2D eigenvalue weighted by Gasteiger charge is -2.05. The quantitative estimate of drug-likeness (QED) is 0.455. The molecule has 0 saturated heterocycles. The minimum Gasteiger partial charge on any atom is -0.497 e. The van der Waals surface area contributed by atoms with E-state index in [0.29, 0.717) is 5.15 Å². The smallest absolute Gasteiger partial charge is 0.146 e. The molecule has 0 aliphatic carbocycles. The van der Waals surface area contributed by atoms with Crippen LogP contribution in [0.4, 0.5) is 0 Å². The van der Waals surface area contributed by atoms with Gasteiger partial charge in [-0.2, -0.15) is 0 Å². The first-order valence-electron chi connectivity index (χ1n) is 7.58. The zero-order chi connectivity index (χ0) is 16.7. The number of hydrogen-bond donors (Lipinski definition) is 0. The summed E-state index contributed by atoms with van der Waals surface area (Å²) in [6.07, 6.45) is 1.76. The van der Waals surface area contributed by atoms with Crippen LogP contribution in [-0.4, -0.2) is 16.7 Å². The molecule has 2 aromatic heterocycles. The van der Waals surface area contributed by atoms with Gasteiger partial charge in [-0.1, -0.05) is 36.4 Å². The topological polar surface area (TPSA) is 27.1 Å². The molecule has 2 aromatic carbocycles. The molecule has 0 unspecified atom stereocenters. The largest absolute Gasteiger partial charge is 0.497 e. The summed E-state index contributed by atoms with van der Waals surface area (Å²) >= 11 is 6.06. The molecule has 0 amide bonds. The number of nitrogens with zero attached hydrogens (tertiary/aromatic N) is 2. The summed E-state index contributed by atoms with van der Waals surface area (Å²) in [7, 11) is 1.67. The zero-order valence-electron chi connectivity index (χ0n) is 13.2. The Morgan fingerprint density at radius 3 is 2.46 bits per heavy atom. The van der Waals surface area contributed by atoms with Gasteiger partial charge in [0.15, 0.2) is 0 Å². The van der Waals surface area contributed by atoms with Crippen molar-refractivity contribution in [1.82, 2.24) is 9.55 Å². The number of rotatable bonds is 3. The van der Waals surface area contributed by atoms with E-state index >= 15 is 0 Å². The highest BCUT2D eigenvalue weighted by Gasteiger charge is 2.12. The van der Waals surface area contributed by atoms with Crippen molar-refractivity contribution in [3.8, 4) is 16.9 Å². The molecule has 0 radical (unpaired) electrons. The Labute approximate surface area is 144 Å². The molecule has 0 N–H and O–H groups in total. The molecule has 0 saturated carbocycles. The fourth-order valence-electron chi connectivity index (χ4n) is 3.04. The van der Waals surface area contributed by atoms with Crippen LogP contribution in [0, 0.1) is 0 Å². The Bertz CT molecular complexity index is 1060. The lowest BCUT2D eigenvalue weighted by molar-refractivity contribution is 0.415. The van der Waals surface area contributed by atoms with Gasteiger partial charge in [-0.3, -0.25) is 0 Å². The molecule has 3 nitrogen and oxygen atoms in total. The van der Waals surface area contributed by atoms with Gasteiger partial charge < -0.3 is 9.30 Å². The maximum Gasteiger partial charge on any atom is 0.146 e. The third kappa shape index (κ3) is 2.25. The second-order valence-corrected chi connectivity index (χ2v) is 5.91. The van der Waals surface area contributed by atoms with Crippen molar-refractivity contribution in [3.05, 3.63) is 66.3 Å². The molecule has 0 spiro atoms. The van der Waals surface area contributed by atoms with Gasteiger partial charge in [0.1, 0.15) is 16.5 Å². The molecule has 0 atom stereocenters. The van der Waals surface area contributed by atoms with Gasteiger partial charge in [-0.25, -0.2) is 4.98 Å².